The summed E-state index contributed by atoms with van der Waals surface area (Å²) in [6, 6.07) is 5.49. The second-order valence-electron chi connectivity index (χ2n) is 2.83. The maximum Gasteiger partial charge on any atom is 0.262 e. The maximum atomic E-state index is 5.49. The molecule has 0 amide bonds. The van der Waals surface area contributed by atoms with E-state index in [1.54, 1.807) is 18.5 Å². The molecule has 0 spiro atoms. The van der Waals surface area contributed by atoms with Crippen molar-refractivity contribution in [3.8, 4) is 11.7 Å². The lowest BCUT2D eigenvalue weighted by Crippen LogP contribution is -1.69. The molecule has 0 saturated carbocycles. The van der Waals surface area contributed by atoms with Crippen molar-refractivity contribution in [2.75, 3.05) is 0 Å². The van der Waals surface area contributed by atoms with Gasteiger partial charge in [-0.05, 0) is 12.1 Å². The van der Waals surface area contributed by atoms with Crippen LogP contribution < -0.4 is 0 Å². The lowest BCUT2D eigenvalue weighted by molar-refractivity contribution is 0.534. The quantitative estimate of drug-likeness (QED) is 0.585. The van der Waals surface area contributed by atoms with Crippen LogP contribution >= 0.6 is 0 Å². The summed E-state index contributed by atoms with van der Waals surface area (Å²) in [7, 11) is 0. The van der Waals surface area contributed by atoms with Crippen molar-refractivity contribution in [1.29, 1.82) is 0 Å². The van der Waals surface area contributed by atoms with Crippen LogP contribution in [0.4, 0.5) is 0 Å². The predicted octanol–water partition coefficient (Wildman–Crippen LogP) is 2.48. The standard InChI is InChI=1S/C10H6N2O2/c1-2-8-7(11-3-1)6-9(14-8)10-12-4-5-13-10/h1-6H. The largest absolute Gasteiger partial charge is 0.449 e. The van der Waals surface area contributed by atoms with Crippen molar-refractivity contribution in [2.24, 2.45) is 0 Å². The molecule has 68 valence electrons. The summed E-state index contributed by atoms with van der Waals surface area (Å²) in [6.07, 6.45) is 4.81. The second kappa shape index (κ2) is 2.70. The van der Waals surface area contributed by atoms with E-state index in [0.717, 1.165) is 11.1 Å². The van der Waals surface area contributed by atoms with Crippen LogP contribution in [-0.4, -0.2) is 9.97 Å². The number of oxazole rings is 1. The highest BCUT2D eigenvalue weighted by Gasteiger charge is 2.09. The van der Waals surface area contributed by atoms with Crippen molar-refractivity contribution >= 4 is 11.1 Å². The molecule has 3 aromatic rings. The molecular weight excluding hydrogens is 180 g/mol. The summed E-state index contributed by atoms with van der Waals surface area (Å²) in [4.78, 5) is 8.14. The highest BCUT2D eigenvalue weighted by molar-refractivity contribution is 5.77. The Morgan fingerprint density at radius 1 is 1.14 bits per heavy atom. The molecule has 0 saturated heterocycles. The Hall–Kier alpha value is -2.10. The van der Waals surface area contributed by atoms with E-state index in [2.05, 4.69) is 9.97 Å². The van der Waals surface area contributed by atoms with Crippen molar-refractivity contribution in [3.05, 3.63) is 36.9 Å². The van der Waals surface area contributed by atoms with Crippen LogP contribution in [0.15, 0.2) is 45.7 Å². The van der Waals surface area contributed by atoms with Gasteiger partial charge >= 0.3 is 0 Å². The zero-order valence-electron chi connectivity index (χ0n) is 7.18. The molecule has 0 aliphatic rings. The molecule has 0 unspecified atom stereocenters. The summed E-state index contributed by atoms with van der Waals surface area (Å²) in [6.45, 7) is 0. The summed E-state index contributed by atoms with van der Waals surface area (Å²) in [5, 5.41) is 0. The number of hydrogen-bond donors (Lipinski definition) is 0. The van der Waals surface area contributed by atoms with Gasteiger partial charge in [-0.15, -0.1) is 0 Å². The lowest BCUT2D eigenvalue weighted by Gasteiger charge is -1.84. The molecule has 0 N–H and O–H groups in total. The van der Waals surface area contributed by atoms with Gasteiger partial charge in [-0.25, -0.2) is 4.98 Å². The first-order chi connectivity index (χ1) is 6.93. The van der Waals surface area contributed by atoms with E-state index in [9.17, 15) is 0 Å². The first kappa shape index (κ1) is 7.32. The van der Waals surface area contributed by atoms with Gasteiger partial charge in [0, 0.05) is 12.3 Å². The van der Waals surface area contributed by atoms with Gasteiger partial charge in [-0.3, -0.25) is 4.98 Å². The number of aromatic nitrogens is 2. The van der Waals surface area contributed by atoms with E-state index in [4.69, 9.17) is 8.83 Å². The van der Waals surface area contributed by atoms with Gasteiger partial charge < -0.3 is 8.83 Å². The van der Waals surface area contributed by atoms with Crippen LogP contribution in [0.1, 0.15) is 0 Å². The highest BCUT2D eigenvalue weighted by atomic mass is 16.4. The van der Waals surface area contributed by atoms with Crippen LogP contribution in [0.2, 0.25) is 0 Å². The topological polar surface area (TPSA) is 52.1 Å². The van der Waals surface area contributed by atoms with Crippen molar-refractivity contribution in [2.45, 2.75) is 0 Å². The molecule has 0 aromatic carbocycles. The third kappa shape index (κ3) is 1.01. The number of furan rings is 1. The smallest absolute Gasteiger partial charge is 0.262 e. The average Bonchev–Trinajstić information content (AvgIpc) is 2.86. The zero-order chi connectivity index (χ0) is 9.38. The number of pyridine rings is 1. The zero-order valence-corrected chi connectivity index (χ0v) is 7.18. The van der Waals surface area contributed by atoms with Gasteiger partial charge in [0.1, 0.15) is 11.8 Å². The molecule has 0 fully saturated rings. The van der Waals surface area contributed by atoms with Gasteiger partial charge in [0.2, 0.25) is 0 Å². The van der Waals surface area contributed by atoms with Crippen LogP contribution in [0.3, 0.4) is 0 Å². The fraction of sp³-hybridized carbons (Fsp3) is 0. The van der Waals surface area contributed by atoms with Gasteiger partial charge in [0.05, 0.1) is 6.20 Å². The molecule has 3 rings (SSSR count). The van der Waals surface area contributed by atoms with E-state index < -0.39 is 0 Å². The highest BCUT2D eigenvalue weighted by Crippen LogP contribution is 2.24. The second-order valence-corrected chi connectivity index (χ2v) is 2.83. The fourth-order valence-corrected chi connectivity index (χ4v) is 1.32. The van der Waals surface area contributed by atoms with Crippen LogP contribution in [0.25, 0.3) is 22.8 Å². The summed E-state index contributed by atoms with van der Waals surface area (Å²) < 4.78 is 10.6. The first-order valence-corrected chi connectivity index (χ1v) is 4.18. The summed E-state index contributed by atoms with van der Waals surface area (Å²) >= 11 is 0. The Morgan fingerprint density at radius 2 is 2.14 bits per heavy atom. The van der Waals surface area contributed by atoms with Gasteiger partial charge in [-0.1, -0.05) is 0 Å². The molecule has 0 atom stereocenters. The Balaban J connectivity index is 2.24. The van der Waals surface area contributed by atoms with Crippen molar-refractivity contribution in [3.63, 3.8) is 0 Å². The normalized spacial score (nSPS) is 10.9. The molecule has 4 nitrogen and oxygen atoms in total. The number of nitrogens with zero attached hydrogens (tertiary/aromatic N) is 2. The minimum Gasteiger partial charge on any atom is -0.449 e. The molecule has 0 aliphatic heterocycles. The minimum absolute atomic E-state index is 0.475. The van der Waals surface area contributed by atoms with Gasteiger partial charge in [0.15, 0.2) is 11.3 Å². The van der Waals surface area contributed by atoms with Crippen LogP contribution in [-0.2, 0) is 0 Å². The summed E-state index contributed by atoms with van der Waals surface area (Å²) in [5.74, 6) is 1.08. The predicted molar refractivity (Wildman–Crippen MR) is 49.5 cm³/mol. The van der Waals surface area contributed by atoms with Gasteiger partial charge in [-0.2, -0.15) is 0 Å². The van der Waals surface area contributed by atoms with Gasteiger partial charge in [0.25, 0.3) is 5.89 Å². The van der Waals surface area contributed by atoms with E-state index >= 15 is 0 Å². The first-order valence-electron chi connectivity index (χ1n) is 4.18. The maximum absolute atomic E-state index is 5.49. The number of rotatable bonds is 1. The fourth-order valence-electron chi connectivity index (χ4n) is 1.32. The molecular formula is C10H6N2O2. The number of hydrogen-bond acceptors (Lipinski definition) is 4. The van der Waals surface area contributed by atoms with Crippen molar-refractivity contribution in [1.82, 2.24) is 9.97 Å². The third-order valence-electron chi connectivity index (χ3n) is 1.93. The van der Waals surface area contributed by atoms with E-state index in [-0.39, 0.29) is 0 Å². The minimum atomic E-state index is 0.475. The summed E-state index contributed by atoms with van der Waals surface area (Å²) in [5.41, 5.74) is 1.54. The average molecular weight is 186 g/mol. The molecule has 4 heteroatoms. The Morgan fingerprint density at radius 3 is 2.93 bits per heavy atom. The lowest BCUT2D eigenvalue weighted by atomic mass is 10.4. The number of fused-ring (bicyclic) bond motifs is 1. The Labute approximate surface area is 79.2 Å². The van der Waals surface area contributed by atoms with Crippen LogP contribution in [0, 0.1) is 0 Å². The molecule has 0 bridgehead atoms. The molecule has 0 radical (unpaired) electrons. The SMILES string of the molecule is c1cnc2cc(-c3ncco3)oc2c1. The monoisotopic (exact) mass is 186 g/mol. The Bertz CT molecular complexity index is 521. The van der Waals surface area contributed by atoms with E-state index in [0.29, 0.717) is 11.7 Å². The van der Waals surface area contributed by atoms with E-state index in [1.807, 2.05) is 12.1 Å². The van der Waals surface area contributed by atoms with Crippen LogP contribution in [0.5, 0.6) is 0 Å². The molecule has 3 heterocycles. The molecule has 0 aliphatic carbocycles. The van der Waals surface area contributed by atoms with Crippen molar-refractivity contribution < 1.29 is 8.83 Å². The third-order valence-corrected chi connectivity index (χ3v) is 1.93. The van der Waals surface area contributed by atoms with E-state index in [1.165, 1.54) is 6.26 Å². The Kier molecular flexibility index (Phi) is 1.41. The molecule has 14 heavy (non-hydrogen) atoms. The molecule has 3 aromatic heterocycles.